The first-order valence-corrected chi connectivity index (χ1v) is 10.1. The first-order valence-electron chi connectivity index (χ1n) is 10.1. The second kappa shape index (κ2) is 9.71. The molecule has 0 amide bonds. The summed E-state index contributed by atoms with van der Waals surface area (Å²) in [4.78, 5) is 11.2. The van der Waals surface area contributed by atoms with Crippen LogP contribution in [0.1, 0.15) is 21.5 Å². The van der Waals surface area contributed by atoms with E-state index >= 15 is 0 Å². The van der Waals surface area contributed by atoms with E-state index in [0.717, 1.165) is 28.0 Å². The number of rotatable bonds is 8. The average Bonchev–Trinajstić information content (AvgIpc) is 2.83. The van der Waals surface area contributed by atoms with Crippen molar-refractivity contribution in [2.45, 2.75) is 13.2 Å². The maximum Gasteiger partial charge on any atom is 0.339 e. The van der Waals surface area contributed by atoms with E-state index in [4.69, 9.17) is 14.6 Å². The van der Waals surface area contributed by atoms with Crippen molar-refractivity contribution in [1.82, 2.24) is 0 Å². The maximum absolute atomic E-state index is 11.2. The van der Waals surface area contributed by atoms with Gasteiger partial charge in [0, 0.05) is 0 Å². The highest BCUT2D eigenvalue weighted by atomic mass is 16.5. The number of carboxylic acid groups (broad SMARTS) is 1. The molecule has 0 aliphatic carbocycles. The Kier molecular flexibility index (Phi) is 6.37. The van der Waals surface area contributed by atoms with E-state index in [-0.39, 0.29) is 17.9 Å². The van der Waals surface area contributed by atoms with Gasteiger partial charge in [-0.15, -0.1) is 0 Å². The van der Waals surface area contributed by atoms with Crippen LogP contribution in [0.25, 0.3) is 11.1 Å². The van der Waals surface area contributed by atoms with E-state index in [1.807, 2.05) is 78.9 Å². The molecule has 32 heavy (non-hydrogen) atoms. The number of carbonyl (C=O) groups is 1. The average molecular weight is 426 g/mol. The van der Waals surface area contributed by atoms with Gasteiger partial charge in [0.2, 0.25) is 0 Å². The van der Waals surface area contributed by atoms with Gasteiger partial charge >= 0.3 is 5.97 Å². The lowest BCUT2D eigenvalue weighted by Gasteiger charge is -2.11. The fourth-order valence-electron chi connectivity index (χ4n) is 3.29. The molecule has 0 atom stereocenters. The van der Waals surface area contributed by atoms with Crippen molar-refractivity contribution in [3.05, 3.63) is 114 Å². The van der Waals surface area contributed by atoms with Gasteiger partial charge in [0.15, 0.2) is 0 Å². The Morgan fingerprint density at radius 2 is 1.28 bits per heavy atom. The summed E-state index contributed by atoms with van der Waals surface area (Å²) in [5, 5.41) is 18.8. The summed E-state index contributed by atoms with van der Waals surface area (Å²) in [6.45, 7) is 0.769. The Morgan fingerprint density at radius 3 is 2.03 bits per heavy atom. The second-order valence-corrected chi connectivity index (χ2v) is 7.28. The molecule has 4 aromatic carbocycles. The third kappa shape index (κ3) is 5.26. The van der Waals surface area contributed by atoms with Crippen LogP contribution in [0.4, 0.5) is 0 Å². The lowest BCUT2D eigenvalue weighted by Crippen LogP contribution is -2.00. The normalized spacial score (nSPS) is 10.5. The summed E-state index contributed by atoms with van der Waals surface area (Å²) >= 11 is 0. The molecule has 0 spiro atoms. The Hall–Kier alpha value is -4.25. The van der Waals surface area contributed by atoms with Crippen LogP contribution in [-0.2, 0) is 13.2 Å². The highest BCUT2D eigenvalue weighted by molar-refractivity contribution is 5.91. The molecule has 0 aliphatic heterocycles. The number of hydrogen-bond acceptors (Lipinski definition) is 4. The molecule has 0 bridgehead atoms. The molecule has 160 valence electrons. The van der Waals surface area contributed by atoms with Crippen molar-refractivity contribution >= 4 is 5.97 Å². The Labute approximate surface area is 186 Å². The molecular weight excluding hydrogens is 404 g/mol. The van der Waals surface area contributed by atoms with E-state index in [0.29, 0.717) is 12.4 Å². The monoisotopic (exact) mass is 426 g/mol. The standard InChI is InChI=1S/C27H22O5/c28-26-13-12-24(16-25(26)27(29)30)32-18-20-8-4-9-21(14-20)22-10-5-11-23(15-22)31-17-19-6-2-1-3-7-19/h1-16,28H,17-18H2,(H,29,30). The third-order valence-corrected chi connectivity index (χ3v) is 4.95. The van der Waals surface area contributed by atoms with Gasteiger partial charge in [-0.3, -0.25) is 0 Å². The van der Waals surface area contributed by atoms with E-state index in [1.165, 1.54) is 12.1 Å². The summed E-state index contributed by atoms with van der Waals surface area (Å²) in [5.74, 6) is -0.328. The number of aromatic hydroxyl groups is 1. The smallest absolute Gasteiger partial charge is 0.339 e. The summed E-state index contributed by atoms with van der Waals surface area (Å²) in [5.41, 5.74) is 3.90. The van der Waals surface area contributed by atoms with Crippen LogP contribution < -0.4 is 9.47 Å². The highest BCUT2D eigenvalue weighted by Gasteiger charge is 2.11. The Bertz CT molecular complexity index is 1220. The van der Waals surface area contributed by atoms with Crippen molar-refractivity contribution < 1.29 is 24.5 Å². The molecule has 5 heteroatoms. The van der Waals surface area contributed by atoms with Crippen LogP contribution in [0.5, 0.6) is 17.2 Å². The molecule has 5 nitrogen and oxygen atoms in total. The van der Waals surface area contributed by atoms with E-state index < -0.39 is 5.97 Å². The molecule has 0 saturated heterocycles. The predicted molar refractivity (Wildman–Crippen MR) is 122 cm³/mol. The molecule has 0 saturated carbocycles. The maximum atomic E-state index is 11.2. The molecule has 2 N–H and O–H groups in total. The van der Waals surface area contributed by atoms with Gasteiger partial charge in [0.1, 0.15) is 36.0 Å². The first kappa shape index (κ1) is 21.0. The van der Waals surface area contributed by atoms with Gasteiger partial charge in [0.25, 0.3) is 0 Å². The SMILES string of the molecule is O=C(O)c1cc(OCc2cccc(-c3cccc(OCc4ccccc4)c3)c2)ccc1O. The van der Waals surface area contributed by atoms with E-state index in [2.05, 4.69) is 0 Å². The highest BCUT2D eigenvalue weighted by Crippen LogP contribution is 2.27. The van der Waals surface area contributed by atoms with E-state index in [1.54, 1.807) is 6.07 Å². The molecule has 0 heterocycles. The number of hydrogen-bond donors (Lipinski definition) is 2. The van der Waals surface area contributed by atoms with Gasteiger partial charge in [0.05, 0.1) is 0 Å². The van der Waals surface area contributed by atoms with E-state index in [9.17, 15) is 9.90 Å². The fourth-order valence-corrected chi connectivity index (χ4v) is 3.29. The van der Waals surface area contributed by atoms with Crippen LogP contribution in [0, 0.1) is 0 Å². The van der Waals surface area contributed by atoms with Crippen LogP contribution in [0.15, 0.2) is 97.1 Å². The molecule has 0 unspecified atom stereocenters. The molecule has 4 aromatic rings. The Balaban J connectivity index is 1.45. The topological polar surface area (TPSA) is 76.0 Å². The van der Waals surface area contributed by atoms with Gasteiger partial charge in [-0.1, -0.05) is 60.7 Å². The summed E-state index contributed by atoms with van der Waals surface area (Å²) < 4.78 is 11.7. The molecule has 0 aromatic heterocycles. The number of phenols is 1. The number of carboxylic acids is 1. The minimum atomic E-state index is -1.20. The molecule has 0 fully saturated rings. The largest absolute Gasteiger partial charge is 0.507 e. The fraction of sp³-hybridized carbons (Fsp3) is 0.0741. The van der Waals surface area contributed by atoms with Gasteiger partial charge < -0.3 is 19.7 Å². The number of aromatic carboxylic acids is 1. The zero-order valence-electron chi connectivity index (χ0n) is 17.3. The molecule has 4 rings (SSSR count). The van der Waals surface area contributed by atoms with Crippen molar-refractivity contribution in [2.24, 2.45) is 0 Å². The quantitative estimate of drug-likeness (QED) is 0.366. The lowest BCUT2D eigenvalue weighted by atomic mass is 10.0. The van der Waals surface area contributed by atoms with Crippen LogP contribution in [0.3, 0.4) is 0 Å². The first-order chi connectivity index (χ1) is 15.6. The van der Waals surface area contributed by atoms with Crippen molar-refractivity contribution in [3.8, 4) is 28.4 Å². The summed E-state index contributed by atoms with van der Waals surface area (Å²) in [6, 6.07) is 30.0. The Morgan fingerprint density at radius 1 is 0.656 bits per heavy atom. The van der Waals surface area contributed by atoms with Crippen molar-refractivity contribution in [2.75, 3.05) is 0 Å². The van der Waals surface area contributed by atoms with Crippen LogP contribution in [-0.4, -0.2) is 16.2 Å². The third-order valence-electron chi connectivity index (χ3n) is 4.95. The number of benzene rings is 4. The number of ether oxygens (including phenoxy) is 2. The molecule has 0 radical (unpaired) electrons. The zero-order valence-corrected chi connectivity index (χ0v) is 17.3. The van der Waals surface area contributed by atoms with Gasteiger partial charge in [-0.2, -0.15) is 0 Å². The summed E-state index contributed by atoms with van der Waals surface area (Å²) in [7, 11) is 0. The lowest BCUT2D eigenvalue weighted by molar-refractivity contribution is 0.0693. The predicted octanol–water partition coefficient (Wildman–Crippen LogP) is 5.92. The van der Waals surface area contributed by atoms with Crippen molar-refractivity contribution in [3.63, 3.8) is 0 Å². The van der Waals surface area contributed by atoms with Gasteiger partial charge in [-0.25, -0.2) is 4.79 Å². The van der Waals surface area contributed by atoms with Crippen LogP contribution in [0.2, 0.25) is 0 Å². The van der Waals surface area contributed by atoms with Crippen molar-refractivity contribution in [1.29, 1.82) is 0 Å². The van der Waals surface area contributed by atoms with Gasteiger partial charge in [-0.05, 0) is 58.7 Å². The minimum Gasteiger partial charge on any atom is -0.507 e. The zero-order chi connectivity index (χ0) is 22.3. The van der Waals surface area contributed by atoms with Crippen LogP contribution >= 0.6 is 0 Å². The minimum absolute atomic E-state index is 0.191. The summed E-state index contributed by atoms with van der Waals surface area (Å²) in [6.07, 6.45) is 0. The second-order valence-electron chi connectivity index (χ2n) is 7.28. The molecule has 0 aliphatic rings. The molecular formula is C27H22O5.